The van der Waals surface area contributed by atoms with Crippen molar-refractivity contribution in [3.63, 3.8) is 0 Å². The highest BCUT2D eigenvalue weighted by Gasteiger charge is 2.19. The van der Waals surface area contributed by atoms with Gasteiger partial charge in [0.25, 0.3) is 5.91 Å². The van der Waals surface area contributed by atoms with Crippen LogP contribution in [0.15, 0.2) is 46.9 Å². The first-order chi connectivity index (χ1) is 12.5. The molecule has 0 spiro atoms. The van der Waals surface area contributed by atoms with Gasteiger partial charge in [0.1, 0.15) is 0 Å². The molecular weight excluding hydrogens is 396 g/mol. The molecule has 2 N–H and O–H groups in total. The van der Waals surface area contributed by atoms with Crippen LogP contribution in [-0.4, -0.2) is 38.9 Å². The van der Waals surface area contributed by atoms with Crippen molar-refractivity contribution in [3.05, 3.63) is 63.9 Å². The number of halogens is 1. The molecule has 134 valence electrons. The Balaban J connectivity index is 2.12. The minimum absolute atomic E-state index is 0.0661. The number of carbonyl (C=O) groups excluding carboxylic acids is 1. The van der Waals surface area contributed by atoms with E-state index in [1.807, 2.05) is 50.2 Å². The van der Waals surface area contributed by atoms with E-state index in [1.165, 1.54) is 0 Å². The highest BCUT2D eigenvalue weighted by atomic mass is 79.9. The molecule has 0 fully saturated rings. The van der Waals surface area contributed by atoms with Crippen molar-refractivity contribution in [3.8, 4) is 17.1 Å². The van der Waals surface area contributed by atoms with Crippen LogP contribution in [0.2, 0.25) is 0 Å². The molecule has 7 heteroatoms. The minimum Gasteiger partial charge on any atom is -0.395 e. The highest BCUT2D eigenvalue weighted by Crippen LogP contribution is 2.25. The number of amides is 1. The molecular formula is C19H19BrN4O2. The van der Waals surface area contributed by atoms with Gasteiger partial charge in [0.05, 0.1) is 12.3 Å². The fourth-order valence-corrected chi connectivity index (χ4v) is 2.92. The number of hydrogen-bond acceptors (Lipinski definition) is 4. The largest absolute Gasteiger partial charge is 0.395 e. The Bertz CT molecular complexity index is 935. The number of nitrogens with one attached hydrogen (secondary N) is 1. The summed E-state index contributed by atoms with van der Waals surface area (Å²) in [4.78, 5) is 16.7. The molecule has 0 aliphatic heterocycles. The first kappa shape index (κ1) is 18.3. The average molecular weight is 415 g/mol. The van der Waals surface area contributed by atoms with Crippen LogP contribution in [0.4, 0.5) is 0 Å². The Morgan fingerprint density at radius 1 is 1.19 bits per heavy atom. The summed E-state index contributed by atoms with van der Waals surface area (Å²) in [5.41, 5.74) is 3.90. The number of aromatic nitrogens is 3. The molecule has 1 amide bonds. The fourth-order valence-electron chi connectivity index (χ4n) is 2.65. The molecule has 1 heterocycles. The lowest BCUT2D eigenvalue weighted by atomic mass is 10.1. The van der Waals surface area contributed by atoms with Crippen molar-refractivity contribution >= 4 is 21.8 Å². The van der Waals surface area contributed by atoms with E-state index in [1.54, 1.807) is 4.68 Å². The molecule has 0 radical (unpaired) electrons. The van der Waals surface area contributed by atoms with Crippen molar-refractivity contribution in [1.29, 1.82) is 0 Å². The summed E-state index contributed by atoms with van der Waals surface area (Å²) in [6, 6.07) is 13.7. The van der Waals surface area contributed by atoms with Gasteiger partial charge in [-0.3, -0.25) is 4.79 Å². The highest BCUT2D eigenvalue weighted by molar-refractivity contribution is 9.10. The topological polar surface area (TPSA) is 80.0 Å². The van der Waals surface area contributed by atoms with E-state index in [-0.39, 0.29) is 19.0 Å². The Morgan fingerprint density at radius 3 is 2.58 bits per heavy atom. The van der Waals surface area contributed by atoms with Gasteiger partial charge in [-0.2, -0.15) is 0 Å². The third kappa shape index (κ3) is 3.84. The Morgan fingerprint density at radius 2 is 1.92 bits per heavy atom. The van der Waals surface area contributed by atoms with Gasteiger partial charge < -0.3 is 10.4 Å². The molecule has 3 aromatic rings. The second kappa shape index (κ2) is 7.80. The fraction of sp³-hybridized carbons (Fsp3) is 0.211. The number of nitrogens with zero attached hydrogens (tertiary/aromatic N) is 3. The Labute approximate surface area is 160 Å². The van der Waals surface area contributed by atoms with Gasteiger partial charge in [-0.1, -0.05) is 45.8 Å². The molecule has 26 heavy (non-hydrogen) atoms. The Hall–Kier alpha value is -2.51. The standard InChI is InChI=1S/C19H19BrN4O2/c1-12-3-8-16(13(2)11-12)24-18(14-4-6-15(20)7-5-14)22-17(23-24)19(26)21-9-10-25/h3-8,11,25H,9-10H2,1-2H3,(H,21,26). The molecule has 3 rings (SSSR count). The van der Waals surface area contributed by atoms with E-state index in [2.05, 4.69) is 37.4 Å². The van der Waals surface area contributed by atoms with Gasteiger partial charge in [-0.15, -0.1) is 5.10 Å². The van der Waals surface area contributed by atoms with Gasteiger partial charge >= 0.3 is 0 Å². The van der Waals surface area contributed by atoms with Crippen LogP contribution in [0.25, 0.3) is 17.1 Å². The van der Waals surface area contributed by atoms with Crippen LogP contribution in [0.5, 0.6) is 0 Å². The predicted molar refractivity (Wildman–Crippen MR) is 103 cm³/mol. The number of rotatable bonds is 5. The number of hydrogen-bond donors (Lipinski definition) is 2. The van der Waals surface area contributed by atoms with Crippen molar-refractivity contribution in [2.24, 2.45) is 0 Å². The summed E-state index contributed by atoms with van der Waals surface area (Å²) in [5, 5.41) is 15.9. The van der Waals surface area contributed by atoms with Crippen molar-refractivity contribution in [2.75, 3.05) is 13.2 Å². The van der Waals surface area contributed by atoms with Crippen LogP contribution < -0.4 is 5.32 Å². The monoisotopic (exact) mass is 414 g/mol. The maximum atomic E-state index is 12.3. The van der Waals surface area contributed by atoms with Crippen molar-refractivity contribution < 1.29 is 9.90 Å². The van der Waals surface area contributed by atoms with Crippen LogP contribution in [0.3, 0.4) is 0 Å². The van der Waals surface area contributed by atoms with E-state index in [0.29, 0.717) is 5.82 Å². The zero-order valence-electron chi connectivity index (χ0n) is 14.5. The average Bonchev–Trinajstić information content (AvgIpc) is 3.05. The van der Waals surface area contributed by atoms with Gasteiger partial charge in [0.15, 0.2) is 5.82 Å². The summed E-state index contributed by atoms with van der Waals surface area (Å²) in [5.74, 6) is 0.232. The quantitative estimate of drug-likeness (QED) is 0.672. The molecule has 0 aliphatic rings. The molecule has 0 atom stereocenters. The summed E-state index contributed by atoms with van der Waals surface area (Å²) >= 11 is 3.43. The zero-order chi connectivity index (χ0) is 18.7. The maximum Gasteiger partial charge on any atom is 0.291 e. The van der Waals surface area contributed by atoms with E-state index in [0.717, 1.165) is 26.9 Å². The molecule has 0 saturated heterocycles. The second-order valence-electron chi connectivity index (χ2n) is 5.95. The lowest BCUT2D eigenvalue weighted by Gasteiger charge is -2.10. The molecule has 0 aliphatic carbocycles. The number of aliphatic hydroxyl groups is 1. The first-order valence-electron chi connectivity index (χ1n) is 8.19. The summed E-state index contributed by atoms with van der Waals surface area (Å²) < 4.78 is 2.64. The van der Waals surface area contributed by atoms with E-state index < -0.39 is 5.91 Å². The normalized spacial score (nSPS) is 10.8. The summed E-state index contributed by atoms with van der Waals surface area (Å²) in [6.45, 7) is 4.05. The smallest absolute Gasteiger partial charge is 0.291 e. The van der Waals surface area contributed by atoms with Crippen LogP contribution in [0.1, 0.15) is 21.7 Å². The van der Waals surface area contributed by atoms with Gasteiger partial charge in [0.2, 0.25) is 5.82 Å². The number of benzene rings is 2. The summed E-state index contributed by atoms with van der Waals surface area (Å²) in [6.07, 6.45) is 0. The van der Waals surface area contributed by atoms with Gasteiger partial charge in [0, 0.05) is 16.6 Å². The molecule has 0 saturated carbocycles. The minimum atomic E-state index is -0.416. The zero-order valence-corrected chi connectivity index (χ0v) is 16.1. The number of aliphatic hydroxyl groups excluding tert-OH is 1. The van der Waals surface area contributed by atoms with Crippen molar-refractivity contribution in [1.82, 2.24) is 20.1 Å². The van der Waals surface area contributed by atoms with E-state index in [9.17, 15) is 4.79 Å². The van der Waals surface area contributed by atoms with E-state index >= 15 is 0 Å². The van der Waals surface area contributed by atoms with E-state index in [4.69, 9.17) is 5.11 Å². The van der Waals surface area contributed by atoms with Crippen molar-refractivity contribution in [2.45, 2.75) is 13.8 Å². The lowest BCUT2D eigenvalue weighted by molar-refractivity contribution is 0.0934. The first-order valence-corrected chi connectivity index (χ1v) is 8.98. The molecule has 0 unspecified atom stereocenters. The Kier molecular flexibility index (Phi) is 5.49. The molecule has 6 nitrogen and oxygen atoms in total. The molecule has 0 bridgehead atoms. The van der Waals surface area contributed by atoms with Crippen LogP contribution in [-0.2, 0) is 0 Å². The van der Waals surface area contributed by atoms with Gasteiger partial charge in [-0.05, 0) is 37.6 Å². The second-order valence-corrected chi connectivity index (χ2v) is 6.86. The third-order valence-corrected chi connectivity index (χ3v) is 4.42. The summed E-state index contributed by atoms with van der Waals surface area (Å²) in [7, 11) is 0. The van der Waals surface area contributed by atoms with Crippen LogP contribution in [0, 0.1) is 13.8 Å². The number of aryl methyl sites for hydroxylation is 2. The molecule has 2 aromatic carbocycles. The third-order valence-electron chi connectivity index (χ3n) is 3.89. The van der Waals surface area contributed by atoms with Gasteiger partial charge in [-0.25, -0.2) is 9.67 Å². The lowest BCUT2D eigenvalue weighted by Crippen LogP contribution is -2.27. The number of carbonyl (C=O) groups is 1. The predicted octanol–water partition coefficient (Wildman–Crippen LogP) is 3.04. The maximum absolute atomic E-state index is 12.3. The van der Waals surface area contributed by atoms with Crippen LogP contribution >= 0.6 is 15.9 Å². The SMILES string of the molecule is Cc1ccc(-n2nc(C(=O)NCCO)nc2-c2ccc(Br)cc2)c(C)c1. The molecule has 1 aromatic heterocycles.